The summed E-state index contributed by atoms with van der Waals surface area (Å²) in [7, 11) is 0. The van der Waals surface area contributed by atoms with Gasteiger partial charge in [-0.3, -0.25) is 5.32 Å². The van der Waals surface area contributed by atoms with Crippen LogP contribution in [-0.2, 0) is 10.2 Å². The number of ether oxygens (including phenoxy) is 1. The van der Waals surface area contributed by atoms with E-state index < -0.39 is 0 Å². The summed E-state index contributed by atoms with van der Waals surface area (Å²) in [6.07, 6.45) is 51.4. The largest absolute Gasteiger partial charge is 0.374 e. The Morgan fingerprint density at radius 2 is 1.47 bits per heavy atom. The third kappa shape index (κ3) is 6.12. The van der Waals surface area contributed by atoms with Crippen LogP contribution in [0.5, 0.6) is 0 Å². The average Bonchev–Trinajstić information content (AvgIpc) is 3.59. The summed E-state index contributed by atoms with van der Waals surface area (Å²) < 4.78 is 7.13. The fourth-order valence-electron chi connectivity index (χ4n) is 14.1. The Bertz CT molecular complexity index is 2120. The average molecular weight is 770 g/mol. The van der Waals surface area contributed by atoms with Crippen LogP contribution >= 0.6 is 0 Å². The van der Waals surface area contributed by atoms with E-state index in [2.05, 4.69) is 102 Å². The normalized spacial score (nSPS) is 36.9. The molecule has 11 rings (SSSR count). The number of nitrogens with one attached hydrogen (secondary N) is 2. The van der Waals surface area contributed by atoms with Crippen LogP contribution in [0.15, 0.2) is 119 Å². The van der Waals surface area contributed by atoms with E-state index in [1.807, 2.05) is 0 Å². The summed E-state index contributed by atoms with van der Waals surface area (Å²) in [6.45, 7) is 0. The van der Waals surface area contributed by atoms with Crippen LogP contribution in [0.3, 0.4) is 0 Å². The van der Waals surface area contributed by atoms with E-state index >= 15 is 0 Å². The minimum atomic E-state index is -0.00372. The van der Waals surface area contributed by atoms with Crippen molar-refractivity contribution in [2.75, 3.05) is 0 Å². The molecule has 0 bridgehead atoms. The predicted octanol–water partition coefficient (Wildman–Crippen LogP) is 12.1. The van der Waals surface area contributed by atoms with Gasteiger partial charge in [0.1, 0.15) is 6.17 Å². The number of allylic oxidation sites excluding steroid dienone is 11. The summed E-state index contributed by atoms with van der Waals surface area (Å²) in [5.74, 6) is 2.44. The second-order valence-corrected chi connectivity index (χ2v) is 19.4. The topological polar surface area (TPSA) is 57.1 Å². The molecule has 1 spiro atoms. The molecule has 0 radical (unpaired) electrons. The number of hydrogen-bond acceptors (Lipinski definition) is 4. The third-order valence-corrected chi connectivity index (χ3v) is 16.5. The molecule has 2 aliphatic heterocycles. The Hall–Kier alpha value is -3.91. The van der Waals surface area contributed by atoms with Crippen molar-refractivity contribution in [2.24, 2.45) is 29.6 Å². The lowest BCUT2D eigenvalue weighted by molar-refractivity contribution is -0.173. The van der Waals surface area contributed by atoms with E-state index in [4.69, 9.17) is 4.74 Å². The molecule has 8 atom stereocenters. The molecule has 2 N–H and O–H groups in total. The van der Waals surface area contributed by atoms with E-state index in [9.17, 15) is 5.26 Å². The Morgan fingerprint density at radius 3 is 2.17 bits per heavy atom. The van der Waals surface area contributed by atoms with Gasteiger partial charge in [-0.25, -0.2) is 0 Å². The molecule has 1 aromatic rings. The second kappa shape index (κ2) is 15.6. The van der Waals surface area contributed by atoms with Crippen LogP contribution in [0, 0.1) is 40.9 Å². The van der Waals surface area contributed by atoms with Crippen LogP contribution in [-0.4, -0.2) is 24.4 Å². The van der Waals surface area contributed by atoms with Crippen molar-refractivity contribution in [3.8, 4) is 6.07 Å². The Labute approximate surface area is 347 Å². The lowest BCUT2D eigenvalue weighted by atomic mass is 9.51. The molecule has 1 aromatic carbocycles. The maximum atomic E-state index is 10.3. The van der Waals surface area contributed by atoms with Crippen LogP contribution in [0.2, 0.25) is 0 Å². The quantitative estimate of drug-likeness (QED) is 0.313. The molecule has 300 valence electrons. The zero-order valence-electron chi connectivity index (χ0n) is 34.6. The number of fused-ring (bicyclic) bond motifs is 8. The Kier molecular flexibility index (Phi) is 9.98. The van der Waals surface area contributed by atoms with Crippen molar-refractivity contribution in [2.45, 2.75) is 152 Å². The summed E-state index contributed by atoms with van der Waals surface area (Å²) in [5.41, 5.74) is 14.2. The summed E-state index contributed by atoms with van der Waals surface area (Å²) in [6, 6.07) is 9.60. The van der Waals surface area contributed by atoms with Gasteiger partial charge >= 0.3 is 0 Å². The molecule has 8 aliphatic carbocycles. The van der Waals surface area contributed by atoms with E-state index in [-0.39, 0.29) is 17.6 Å². The first-order valence-corrected chi connectivity index (χ1v) is 23.7. The maximum Gasteiger partial charge on any atom is 0.104 e. The highest BCUT2D eigenvalue weighted by Gasteiger charge is 2.62. The lowest BCUT2D eigenvalue weighted by Crippen LogP contribution is -2.59. The van der Waals surface area contributed by atoms with Crippen LogP contribution < -0.4 is 10.6 Å². The molecule has 4 nitrogen and oxygen atoms in total. The van der Waals surface area contributed by atoms with Crippen molar-refractivity contribution in [3.05, 3.63) is 135 Å². The van der Waals surface area contributed by atoms with E-state index in [1.165, 1.54) is 117 Å². The van der Waals surface area contributed by atoms with Crippen LogP contribution in [0.4, 0.5) is 0 Å². The smallest absolute Gasteiger partial charge is 0.104 e. The van der Waals surface area contributed by atoms with E-state index in [1.54, 1.807) is 16.7 Å². The number of hydrogen-bond donors (Lipinski definition) is 2. The molecule has 3 saturated carbocycles. The highest BCUT2D eigenvalue weighted by molar-refractivity contribution is 5.86. The minimum Gasteiger partial charge on any atom is -0.374 e. The molecule has 10 aliphatic rings. The molecule has 1 saturated heterocycles. The summed E-state index contributed by atoms with van der Waals surface area (Å²) >= 11 is 0. The Morgan fingerprint density at radius 1 is 0.707 bits per heavy atom. The lowest BCUT2D eigenvalue weighted by Gasteiger charge is -2.59. The molecule has 8 unspecified atom stereocenters. The molecular formula is C54H63N3O. The van der Waals surface area contributed by atoms with Crippen molar-refractivity contribution in [1.82, 2.24) is 10.6 Å². The zero-order chi connectivity index (χ0) is 38.6. The maximum absolute atomic E-state index is 10.3. The first-order valence-electron chi connectivity index (χ1n) is 23.7. The van der Waals surface area contributed by atoms with Gasteiger partial charge in [0.15, 0.2) is 0 Å². The van der Waals surface area contributed by atoms with Gasteiger partial charge in [0.05, 0.1) is 29.9 Å². The number of nitrogens with zero attached hydrogens (tertiary/aromatic N) is 1. The molecule has 58 heavy (non-hydrogen) atoms. The summed E-state index contributed by atoms with van der Waals surface area (Å²) in [4.78, 5) is 0. The zero-order valence-corrected chi connectivity index (χ0v) is 34.6. The van der Waals surface area contributed by atoms with Crippen molar-refractivity contribution in [3.63, 3.8) is 0 Å². The first kappa shape index (κ1) is 37.1. The molecule has 0 amide bonds. The molecule has 0 aromatic heterocycles. The van der Waals surface area contributed by atoms with Gasteiger partial charge < -0.3 is 10.1 Å². The number of benzene rings is 1. The molecule has 4 heteroatoms. The number of nitriles is 1. The van der Waals surface area contributed by atoms with Gasteiger partial charge in [0.2, 0.25) is 0 Å². The van der Waals surface area contributed by atoms with Crippen molar-refractivity contribution in [1.29, 1.82) is 5.26 Å². The molecular weight excluding hydrogens is 707 g/mol. The van der Waals surface area contributed by atoms with Gasteiger partial charge in [-0.05, 0) is 163 Å². The highest BCUT2D eigenvalue weighted by Crippen LogP contribution is 2.66. The predicted molar refractivity (Wildman–Crippen MR) is 235 cm³/mol. The van der Waals surface area contributed by atoms with Crippen LogP contribution in [0.1, 0.15) is 139 Å². The van der Waals surface area contributed by atoms with Gasteiger partial charge in [-0.2, -0.15) is 5.26 Å². The van der Waals surface area contributed by atoms with E-state index in [0.29, 0.717) is 41.8 Å². The SMILES string of the molecule is N#Cc1ccc2c(c1)C1=C(C=CCC1C1C=CC(C3NC(C4=CCCC=C4)NC(C4=CCCC=C4)=C3C3CCCCC3)=CC1)C21C2CCCCC2OC2CCCCC21. The fourth-order valence-corrected chi connectivity index (χ4v) is 14.1. The van der Waals surface area contributed by atoms with Crippen molar-refractivity contribution >= 4 is 5.57 Å². The van der Waals surface area contributed by atoms with E-state index in [0.717, 1.165) is 44.1 Å². The minimum absolute atomic E-state index is 0.00372. The molecule has 4 fully saturated rings. The molecule has 2 heterocycles. The highest BCUT2D eigenvalue weighted by atomic mass is 16.5. The monoisotopic (exact) mass is 769 g/mol. The summed E-state index contributed by atoms with van der Waals surface area (Å²) in [5, 5.41) is 18.6. The van der Waals surface area contributed by atoms with Gasteiger partial charge in [-0.15, -0.1) is 0 Å². The van der Waals surface area contributed by atoms with Crippen molar-refractivity contribution < 1.29 is 4.74 Å². The standard InChI is InChI=1S/C54H63N3O/c55-34-35-27-32-43-42(33-35)50-41(21-14-24-46(50)54(43)44-22-10-12-25-47(44)58-48-26-13-11-23-45(48)54)36-28-30-39(31-29-36)52-49(37-15-4-1-5-16-37)51(38-17-6-2-7-18-38)56-53(57-52)40-19-8-3-9-20-40/h6,8,14,17-20,24,27-28,30-33,36-37,41,44-45,47-48,52-53,56-57H,1-5,7,9-13,15-16,21-23,25-26,29H2. The second-order valence-electron chi connectivity index (χ2n) is 19.4. The third-order valence-electron chi connectivity index (χ3n) is 16.5. The Balaban J connectivity index is 0.980. The van der Waals surface area contributed by atoms with Gasteiger partial charge in [0, 0.05) is 11.1 Å². The number of rotatable bonds is 5. The van der Waals surface area contributed by atoms with Gasteiger partial charge in [-0.1, -0.05) is 118 Å². The van der Waals surface area contributed by atoms with Crippen LogP contribution in [0.25, 0.3) is 5.57 Å². The fraction of sp³-hybridized carbons (Fsp3) is 0.537. The van der Waals surface area contributed by atoms with Gasteiger partial charge in [0.25, 0.3) is 0 Å². The first-order chi connectivity index (χ1) is 28.7.